The van der Waals surface area contributed by atoms with Crippen molar-refractivity contribution >= 4 is 5.91 Å². The van der Waals surface area contributed by atoms with E-state index in [-0.39, 0.29) is 12.2 Å². The number of benzene rings is 2. The molecule has 0 radical (unpaired) electrons. The normalized spacial score (nSPS) is 10.4. The van der Waals surface area contributed by atoms with Crippen LogP contribution in [0.4, 0.5) is 8.78 Å². The summed E-state index contributed by atoms with van der Waals surface area (Å²) in [5.41, 5.74) is 0.926. The van der Waals surface area contributed by atoms with Crippen molar-refractivity contribution in [3.8, 4) is 5.75 Å². The van der Waals surface area contributed by atoms with Crippen molar-refractivity contribution in [2.75, 3.05) is 20.2 Å². The quantitative estimate of drug-likeness (QED) is 0.847. The van der Waals surface area contributed by atoms with Crippen LogP contribution in [0, 0.1) is 18.6 Å². The molecule has 2 aromatic rings. The Labute approximate surface area is 128 Å². The molecule has 0 aliphatic carbocycles. The monoisotopic (exact) mass is 305 g/mol. The largest absolute Gasteiger partial charge is 0.492 e. The van der Waals surface area contributed by atoms with Gasteiger partial charge in [0.1, 0.15) is 24.0 Å². The number of carbonyl (C=O) groups excluding carboxylic acids is 1. The standard InChI is InChI=1S/C17H17F2NO2/c1-12-4-3-5-14(10-12)22-9-8-20(2)17(21)15-7-6-13(18)11-16(15)19/h3-7,10-11H,8-9H2,1-2H3. The van der Waals surface area contributed by atoms with Crippen molar-refractivity contribution in [3.05, 3.63) is 65.2 Å². The molecule has 3 nitrogen and oxygen atoms in total. The summed E-state index contributed by atoms with van der Waals surface area (Å²) < 4.78 is 32.0. The minimum Gasteiger partial charge on any atom is -0.492 e. The lowest BCUT2D eigenvalue weighted by molar-refractivity contribution is 0.0769. The van der Waals surface area contributed by atoms with Gasteiger partial charge in [-0.1, -0.05) is 12.1 Å². The van der Waals surface area contributed by atoms with Crippen LogP contribution in [-0.2, 0) is 0 Å². The number of hydrogen-bond acceptors (Lipinski definition) is 2. The van der Waals surface area contributed by atoms with Crippen LogP contribution in [0.1, 0.15) is 15.9 Å². The number of rotatable bonds is 5. The van der Waals surface area contributed by atoms with Gasteiger partial charge in [0.05, 0.1) is 12.1 Å². The predicted octanol–water partition coefficient (Wildman–Crippen LogP) is 3.42. The molecular formula is C17H17F2NO2. The first-order valence-electron chi connectivity index (χ1n) is 6.87. The fourth-order valence-corrected chi connectivity index (χ4v) is 1.98. The van der Waals surface area contributed by atoms with Crippen LogP contribution in [-0.4, -0.2) is 31.0 Å². The highest BCUT2D eigenvalue weighted by molar-refractivity contribution is 5.94. The second-order valence-electron chi connectivity index (χ2n) is 5.02. The summed E-state index contributed by atoms with van der Waals surface area (Å²) in [4.78, 5) is 13.4. The van der Waals surface area contributed by atoms with Crippen LogP contribution in [0.2, 0.25) is 0 Å². The molecule has 22 heavy (non-hydrogen) atoms. The number of halogens is 2. The Hall–Kier alpha value is -2.43. The molecular weight excluding hydrogens is 288 g/mol. The van der Waals surface area contributed by atoms with Crippen molar-refractivity contribution < 1.29 is 18.3 Å². The zero-order chi connectivity index (χ0) is 16.1. The van der Waals surface area contributed by atoms with Gasteiger partial charge in [-0.15, -0.1) is 0 Å². The SMILES string of the molecule is Cc1cccc(OCCN(C)C(=O)c2ccc(F)cc2F)c1. The molecule has 0 unspecified atom stereocenters. The van der Waals surface area contributed by atoms with E-state index in [0.717, 1.165) is 17.7 Å². The van der Waals surface area contributed by atoms with Crippen LogP contribution in [0.15, 0.2) is 42.5 Å². The third-order valence-corrected chi connectivity index (χ3v) is 3.19. The molecule has 0 bridgehead atoms. The van der Waals surface area contributed by atoms with E-state index in [2.05, 4.69) is 0 Å². The zero-order valence-corrected chi connectivity index (χ0v) is 12.5. The molecule has 2 rings (SSSR count). The summed E-state index contributed by atoms with van der Waals surface area (Å²) >= 11 is 0. The third kappa shape index (κ3) is 4.04. The minimum absolute atomic E-state index is 0.153. The molecule has 0 saturated heterocycles. The van der Waals surface area contributed by atoms with Gasteiger partial charge in [-0.05, 0) is 36.8 Å². The van der Waals surface area contributed by atoms with Crippen molar-refractivity contribution in [1.82, 2.24) is 4.90 Å². The van der Waals surface area contributed by atoms with Gasteiger partial charge in [-0.25, -0.2) is 8.78 Å². The van der Waals surface area contributed by atoms with Gasteiger partial charge in [0.15, 0.2) is 0 Å². The van der Waals surface area contributed by atoms with Crippen LogP contribution >= 0.6 is 0 Å². The van der Waals surface area contributed by atoms with E-state index < -0.39 is 17.5 Å². The molecule has 0 N–H and O–H groups in total. The van der Waals surface area contributed by atoms with Gasteiger partial charge in [-0.2, -0.15) is 0 Å². The molecule has 0 atom stereocenters. The molecule has 0 fully saturated rings. The molecule has 1 amide bonds. The van der Waals surface area contributed by atoms with Gasteiger partial charge in [0, 0.05) is 13.1 Å². The number of amides is 1. The number of hydrogen-bond donors (Lipinski definition) is 0. The highest BCUT2D eigenvalue weighted by atomic mass is 19.1. The molecule has 0 heterocycles. The maximum absolute atomic E-state index is 13.6. The molecule has 0 spiro atoms. The Morgan fingerprint density at radius 2 is 1.95 bits per heavy atom. The van der Waals surface area contributed by atoms with E-state index in [1.54, 1.807) is 7.05 Å². The van der Waals surface area contributed by atoms with E-state index in [0.29, 0.717) is 18.4 Å². The number of nitrogens with zero attached hydrogens (tertiary/aromatic N) is 1. The van der Waals surface area contributed by atoms with E-state index in [9.17, 15) is 13.6 Å². The van der Waals surface area contributed by atoms with Crippen LogP contribution < -0.4 is 4.74 Å². The van der Waals surface area contributed by atoms with Crippen LogP contribution in [0.25, 0.3) is 0 Å². The first kappa shape index (κ1) is 15.9. The van der Waals surface area contributed by atoms with Gasteiger partial charge >= 0.3 is 0 Å². The van der Waals surface area contributed by atoms with E-state index in [1.807, 2.05) is 31.2 Å². The summed E-state index contributed by atoms with van der Waals surface area (Å²) in [6.07, 6.45) is 0. The Morgan fingerprint density at radius 1 is 1.18 bits per heavy atom. The summed E-state index contributed by atoms with van der Waals surface area (Å²) in [6, 6.07) is 10.5. The Morgan fingerprint density at radius 3 is 2.64 bits per heavy atom. The number of carbonyl (C=O) groups is 1. The lowest BCUT2D eigenvalue weighted by Gasteiger charge is -2.18. The minimum atomic E-state index is -0.864. The molecule has 0 aromatic heterocycles. The van der Waals surface area contributed by atoms with Crippen molar-refractivity contribution in [1.29, 1.82) is 0 Å². The Balaban J connectivity index is 1.91. The highest BCUT2D eigenvalue weighted by Gasteiger charge is 2.16. The summed E-state index contributed by atoms with van der Waals surface area (Å²) in [5.74, 6) is -1.37. The van der Waals surface area contributed by atoms with Gasteiger partial charge in [0.25, 0.3) is 5.91 Å². The second-order valence-corrected chi connectivity index (χ2v) is 5.02. The maximum atomic E-state index is 13.6. The lowest BCUT2D eigenvalue weighted by atomic mass is 10.2. The van der Waals surface area contributed by atoms with E-state index in [1.165, 1.54) is 4.90 Å². The smallest absolute Gasteiger partial charge is 0.256 e. The average molecular weight is 305 g/mol. The van der Waals surface area contributed by atoms with Gasteiger partial charge in [-0.3, -0.25) is 4.79 Å². The summed E-state index contributed by atoms with van der Waals surface area (Å²) in [7, 11) is 1.55. The predicted molar refractivity (Wildman–Crippen MR) is 80.0 cm³/mol. The number of aryl methyl sites for hydroxylation is 1. The molecule has 116 valence electrons. The van der Waals surface area contributed by atoms with Crippen LogP contribution in [0.5, 0.6) is 5.75 Å². The summed E-state index contributed by atoms with van der Waals surface area (Å²) in [6.45, 7) is 2.54. The molecule has 2 aromatic carbocycles. The van der Waals surface area contributed by atoms with Gasteiger partial charge < -0.3 is 9.64 Å². The average Bonchev–Trinajstić information content (AvgIpc) is 2.46. The molecule has 0 saturated carbocycles. The number of likely N-dealkylation sites (N-methyl/N-ethyl adjacent to an activating group) is 1. The fraction of sp³-hybridized carbons (Fsp3) is 0.235. The van der Waals surface area contributed by atoms with Crippen LogP contribution in [0.3, 0.4) is 0 Å². The maximum Gasteiger partial charge on any atom is 0.256 e. The number of ether oxygens (including phenoxy) is 1. The highest BCUT2D eigenvalue weighted by Crippen LogP contribution is 2.13. The van der Waals surface area contributed by atoms with Gasteiger partial charge in [0.2, 0.25) is 0 Å². The first-order valence-corrected chi connectivity index (χ1v) is 6.87. The molecule has 0 aliphatic rings. The lowest BCUT2D eigenvalue weighted by Crippen LogP contribution is -2.31. The van der Waals surface area contributed by atoms with Crippen molar-refractivity contribution in [2.24, 2.45) is 0 Å². The topological polar surface area (TPSA) is 29.5 Å². The van der Waals surface area contributed by atoms with E-state index in [4.69, 9.17) is 4.74 Å². The molecule has 5 heteroatoms. The molecule has 0 aliphatic heterocycles. The van der Waals surface area contributed by atoms with Crippen molar-refractivity contribution in [3.63, 3.8) is 0 Å². The van der Waals surface area contributed by atoms with Crippen molar-refractivity contribution in [2.45, 2.75) is 6.92 Å². The van der Waals surface area contributed by atoms with E-state index >= 15 is 0 Å². The third-order valence-electron chi connectivity index (χ3n) is 3.19. The fourth-order valence-electron chi connectivity index (χ4n) is 1.98. The Bertz CT molecular complexity index is 673. The Kier molecular flexibility index (Phi) is 5.09. The zero-order valence-electron chi connectivity index (χ0n) is 12.5. The first-order chi connectivity index (χ1) is 10.5. The summed E-state index contributed by atoms with van der Waals surface area (Å²) in [5, 5.41) is 0. The second kappa shape index (κ2) is 7.02.